The summed E-state index contributed by atoms with van der Waals surface area (Å²) in [6.45, 7) is 3.21. The van der Waals surface area contributed by atoms with Gasteiger partial charge in [0.25, 0.3) is 0 Å². The summed E-state index contributed by atoms with van der Waals surface area (Å²) < 4.78 is 5.35. The van der Waals surface area contributed by atoms with Crippen LogP contribution in [0.1, 0.15) is 24.1 Å². The number of hydrogen-bond acceptors (Lipinski definition) is 3. The van der Waals surface area contributed by atoms with Crippen LogP contribution in [0.25, 0.3) is 0 Å². The van der Waals surface area contributed by atoms with Gasteiger partial charge >= 0.3 is 0 Å². The van der Waals surface area contributed by atoms with Gasteiger partial charge in [-0.2, -0.15) is 0 Å². The Morgan fingerprint density at radius 2 is 2.06 bits per heavy atom. The topological polar surface area (TPSA) is 55.1 Å². The van der Waals surface area contributed by atoms with Gasteiger partial charge in [0.1, 0.15) is 5.69 Å². The van der Waals surface area contributed by atoms with Crippen LogP contribution in [0.3, 0.4) is 0 Å². The van der Waals surface area contributed by atoms with Crippen molar-refractivity contribution in [2.75, 3.05) is 5.32 Å². The molecule has 0 bridgehead atoms. The van der Waals surface area contributed by atoms with E-state index in [4.69, 9.17) is 4.42 Å². The number of oxazole rings is 1. The largest absolute Gasteiger partial charge is 0.425 e. The quantitative estimate of drug-likeness (QED) is 0.881. The lowest BCUT2D eigenvalue weighted by molar-refractivity contribution is -0.114. The van der Waals surface area contributed by atoms with Crippen molar-refractivity contribution in [3.63, 3.8) is 0 Å². The fraction of sp³-hybridized carbons (Fsp3) is 0.231. The number of nitrogens with zero attached hydrogens (tertiary/aromatic N) is 1. The van der Waals surface area contributed by atoms with Crippen LogP contribution in [-0.4, -0.2) is 10.9 Å². The van der Waals surface area contributed by atoms with Crippen molar-refractivity contribution < 1.29 is 9.21 Å². The first kappa shape index (κ1) is 11.4. The van der Waals surface area contributed by atoms with Crippen molar-refractivity contribution in [2.24, 2.45) is 0 Å². The monoisotopic (exact) mass is 230 g/mol. The molecule has 1 aromatic carbocycles. The van der Waals surface area contributed by atoms with Gasteiger partial charge < -0.3 is 4.42 Å². The number of carbonyl (C=O) groups excluding carboxylic acids is 1. The Hall–Kier alpha value is -2.10. The molecule has 0 fully saturated rings. The van der Waals surface area contributed by atoms with Crippen molar-refractivity contribution in [3.8, 4) is 0 Å². The number of hydrogen-bond donors (Lipinski definition) is 1. The van der Waals surface area contributed by atoms with Crippen LogP contribution in [0, 0.1) is 6.92 Å². The summed E-state index contributed by atoms with van der Waals surface area (Å²) in [5, 5.41) is 2.65. The van der Waals surface area contributed by atoms with Crippen molar-refractivity contribution in [1.82, 2.24) is 4.98 Å². The van der Waals surface area contributed by atoms with Gasteiger partial charge in [0.2, 0.25) is 11.8 Å². The summed E-state index contributed by atoms with van der Waals surface area (Å²) in [6.07, 6.45) is 0.647. The van der Waals surface area contributed by atoms with Crippen LogP contribution in [0.2, 0.25) is 0 Å². The highest BCUT2D eigenvalue weighted by Gasteiger charge is 2.12. The zero-order chi connectivity index (χ0) is 12.3. The zero-order valence-corrected chi connectivity index (χ0v) is 9.86. The number of aryl methyl sites for hydroxylation is 1. The maximum Gasteiger partial charge on any atom is 0.223 e. The first-order valence-corrected chi connectivity index (χ1v) is 5.43. The number of carbonyl (C=O) groups is 1. The van der Waals surface area contributed by atoms with Crippen molar-refractivity contribution >= 4 is 11.8 Å². The SMILES string of the molecule is CC(=O)Nc1oc(C)nc1Cc1ccccc1. The van der Waals surface area contributed by atoms with E-state index in [0.29, 0.717) is 18.2 Å². The molecular weight excluding hydrogens is 216 g/mol. The highest BCUT2D eigenvalue weighted by atomic mass is 16.4. The second-order valence-corrected chi connectivity index (χ2v) is 3.85. The van der Waals surface area contributed by atoms with E-state index in [2.05, 4.69) is 10.3 Å². The molecule has 88 valence electrons. The smallest absolute Gasteiger partial charge is 0.223 e. The number of amides is 1. The van der Waals surface area contributed by atoms with Gasteiger partial charge in [0, 0.05) is 20.3 Å². The highest BCUT2D eigenvalue weighted by molar-refractivity contribution is 5.87. The Morgan fingerprint density at radius 1 is 1.35 bits per heavy atom. The summed E-state index contributed by atoms with van der Waals surface area (Å²) in [5.41, 5.74) is 1.89. The van der Waals surface area contributed by atoms with Gasteiger partial charge in [-0.3, -0.25) is 10.1 Å². The van der Waals surface area contributed by atoms with Crippen molar-refractivity contribution in [2.45, 2.75) is 20.3 Å². The molecule has 0 aliphatic rings. The van der Waals surface area contributed by atoms with Crippen LogP contribution in [0.15, 0.2) is 34.7 Å². The lowest BCUT2D eigenvalue weighted by Crippen LogP contribution is -2.07. The first-order valence-electron chi connectivity index (χ1n) is 5.43. The Labute approximate surface area is 99.7 Å². The molecule has 0 spiro atoms. The number of aromatic nitrogens is 1. The Morgan fingerprint density at radius 3 is 2.71 bits per heavy atom. The lowest BCUT2D eigenvalue weighted by atomic mass is 10.1. The maximum absolute atomic E-state index is 11.0. The molecule has 0 aliphatic carbocycles. The zero-order valence-electron chi connectivity index (χ0n) is 9.86. The van der Waals surface area contributed by atoms with E-state index in [-0.39, 0.29) is 5.91 Å². The molecule has 2 aromatic rings. The van der Waals surface area contributed by atoms with Gasteiger partial charge in [-0.15, -0.1) is 0 Å². The fourth-order valence-corrected chi connectivity index (χ4v) is 1.64. The van der Waals surface area contributed by atoms with E-state index in [1.165, 1.54) is 6.92 Å². The average Bonchev–Trinajstić information content (AvgIpc) is 2.59. The third kappa shape index (κ3) is 2.93. The standard InChI is InChI=1S/C13H14N2O2/c1-9(16)14-13-12(15-10(2)17-13)8-11-6-4-3-5-7-11/h3-7H,8H2,1-2H3,(H,14,16). The number of anilines is 1. The minimum Gasteiger partial charge on any atom is -0.425 e. The molecule has 4 nitrogen and oxygen atoms in total. The van der Waals surface area contributed by atoms with Crippen molar-refractivity contribution in [3.05, 3.63) is 47.5 Å². The normalized spacial score (nSPS) is 10.2. The molecule has 4 heteroatoms. The predicted molar refractivity (Wildman–Crippen MR) is 64.8 cm³/mol. The second-order valence-electron chi connectivity index (χ2n) is 3.85. The summed E-state index contributed by atoms with van der Waals surface area (Å²) in [4.78, 5) is 15.3. The molecule has 1 N–H and O–H groups in total. The minimum atomic E-state index is -0.157. The molecule has 1 amide bonds. The summed E-state index contributed by atoms with van der Waals surface area (Å²) >= 11 is 0. The lowest BCUT2D eigenvalue weighted by Gasteiger charge is -2.01. The molecule has 0 aliphatic heterocycles. The van der Waals surface area contributed by atoms with Crippen LogP contribution >= 0.6 is 0 Å². The molecule has 1 aromatic heterocycles. The predicted octanol–water partition coefficient (Wildman–Crippen LogP) is 2.53. The molecule has 0 radical (unpaired) electrons. The summed E-state index contributed by atoms with van der Waals surface area (Å²) in [5.74, 6) is 0.842. The molecular formula is C13H14N2O2. The first-order chi connectivity index (χ1) is 8.15. The molecule has 0 saturated carbocycles. The van der Waals surface area contributed by atoms with Gasteiger partial charge in [-0.05, 0) is 5.56 Å². The molecule has 0 saturated heterocycles. The number of benzene rings is 1. The van der Waals surface area contributed by atoms with Gasteiger partial charge in [0.05, 0.1) is 0 Å². The van der Waals surface area contributed by atoms with E-state index < -0.39 is 0 Å². The maximum atomic E-state index is 11.0. The number of rotatable bonds is 3. The van der Waals surface area contributed by atoms with Crippen LogP contribution in [0.5, 0.6) is 0 Å². The molecule has 0 atom stereocenters. The molecule has 0 unspecified atom stereocenters. The van der Waals surface area contributed by atoms with Gasteiger partial charge in [0.15, 0.2) is 5.89 Å². The van der Waals surface area contributed by atoms with E-state index in [9.17, 15) is 4.79 Å². The Balaban J connectivity index is 2.23. The Bertz CT molecular complexity index is 517. The summed E-state index contributed by atoms with van der Waals surface area (Å²) in [7, 11) is 0. The second kappa shape index (κ2) is 4.82. The minimum absolute atomic E-state index is 0.157. The number of nitrogens with one attached hydrogen (secondary N) is 1. The van der Waals surface area contributed by atoms with E-state index in [1.54, 1.807) is 6.92 Å². The average molecular weight is 230 g/mol. The van der Waals surface area contributed by atoms with Crippen LogP contribution in [0.4, 0.5) is 5.88 Å². The molecule has 1 heterocycles. The van der Waals surface area contributed by atoms with E-state index in [1.807, 2.05) is 30.3 Å². The molecule has 2 rings (SSSR count). The van der Waals surface area contributed by atoms with E-state index >= 15 is 0 Å². The summed E-state index contributed by atoms with van der Waals surface area (Å²) in [6, 6.07) is 9.94. The van der Waals surface area contributed by atoms with E-state index in [0.717, 1.165) is 11.3 Å². The third-order valence-corrected chi connectivity index (χ3v) is 2.31. The van der Waals surface area contributed by atoms with Crippen LogP contribution < -0.4 is 5.32 Å². The fourth-order valence-electron chi connectivity index (χ4n) is 1.64. The van der Waals surface area contributed by atoms with Crippen molar-refractivity contribution in [1.29, 1.82) is 0 Å². The van der Waals surface area contributed by atoms with Gasteiger partial charge in [-0.25, -0.2) is 4.98 Å². The van der Waals surface area contributed by atoms with Gasteiger partial charge in [-0.1, -0.05) is 30.3 Å². The third-order valence-electron chi connectivity index (χ3n) is 2.31. The Kier molecular flexibility index (Phi) is 3.23. The highest BCUT2D eigenvalue weighted by Crippen LogP contribution is 2.20. The molecule has 17 heavy (non-hydrogen) atoms. The van der Waals surface area contributed by atoms with Crippen LogP contribution in [-0.2, 0) is 11.2 Å².